The number of likely N-dealkylation sites (tertiary alicyclic amines) is 1. The van der Waals surface area contributed by atoms with Gasteiger partial charge in [-0.15, -0.1) is 0 Å². The second-order valence-corrected chi connectivity index (χ2v) is 7.79. The maximum atomic E-state index is 12.9. The second-order valence-electron chi connectivity index (χ2n) is 7.79. The Morgan fingerprint density at radius 2 is 1.79 bits per heavy atom. The van der Waals surface area contributed by atoms with Crippen molar-refractivity contribution in [1.29, 1.82) is 0 Å². The Morgan fingerprint density at radius 1 is 1.14 bits per heavy atom. The highest BCUT2D eigenvalue weighted by Gasteiger charge is 2.44. The van der Waals surface area contributed by atoms with Crippen molar-refractivity contribution in [3.8, 4) is 0 Å². The summed E-state index contributed by atoms with van der Waals surface area (Å²) in [4.78, 5) is 17.3. The van der Waals surface area contributed by atoms with Gasteiger partial charge in [0.1, 0.15) is 0 Å². The molecule has 2 atom stereocenters. The zero-order chi connectivity index (χ0) is 20.0. The third-order valence-electron chi connectivity index (χ3n) is 5.90. The molecule has 2 aromatic rings. The lowest BCUT2D eigenvalue weighted by Gasteiger charge is -2.49. The molecule has 1 aliphatic rings. The van der Waals surface area contributed by atoms with Crippen molar-refractivity contribution >= 4 is 11.6 Å². The van der Waals surface area contributed by atoms with Gasteiger partial charge in [0, 0.05) is 38.9 Å². The van der Waals surface area contributed by atoms with E-state index in [0.717, 1.165) is 38.2 Å². The average molecular weight is 381 g/mol. The Morgan fingerprint density at radius 3 is 2.39 bits per heavy atom. The van der Waals surface area contributed by atoms with E-state index in [9.17, 15) is 4.79 Å². The molecule has 0 aliphatic carbocycles. The number of hydrogen-bond acceptors (Lipinski definition) is 3. The zero-order valence-electron chi connectivity index (χ0n) is 17.3. The predicted molar refractivity (Wildman–Crippen MR) is 115 cm³/mol. The van der Waals surface area contributed by atoms with Crippen LogP contribution in [0.25, 0.3) is 0 Å². The van der Waals surface area contributed by atoms with Gasteiger partial charge in [0.15, 0.2) is 0 Å². The molecule has 0 radical (unpaired) electrons. The van der Waals surface area contributed by atoms with Crippen LogP contribution in [0.3, 0.4) is 0 Å². The SMILES string of the molecule is CCC(=O)N(c1ccccc1)[C@@H]1CCN(CCc2ccccc2)C[C@@]1(C)OC. The van der Waals surface area contributed by atoms with E-state index in [2.05, 4.69) is 42.2 Å². The maximum absolute atomic E-state index is 12.9. The van der Waals surface area contributed by atoms with Crippen LogP contribution >= 0.6 is 0 Å². The van der Waals surface area contributed by atoms with Crippen molar-refractivity contribution in [3.05, 3.63) is 66.2 Å². The number of carbonyl (C=O) groups is 1. The molecule has 3 rings (SSSR count). The van der Waals surface area contributed by atoms with Gasteiger partial charge < -0.3 is 9.64 Å². The van der Waals surface area contributed by atoms with Crippen molar-refractivity contribution in [2.75, 3.05) is 31.6 Å². The first-order chi connectivity index (χ1) is 13.6. The number of benzene rings is 2. The predicted octanol–water partition coefficient (Wildman–Crippen LogP) is 4.15. The number of hydrogen-bond donors (Lipinski definition) is 0. The summed E-state index contributed by atoms with van der Waals surface area (Å²) in [6.45, 7) is 6.86. The number of ether oxygens (including phenoxy) is 1. The first kappa shape index (κ1) is 20.6. The van der Waals surface area contributed by atoms with Crippen LogP contribution < -0.4 is 4.90 Å². The van der Waals surface area contributed by atoms with E-state index in [1.54, 1.807) is 7.11 Å². The van der Waals surface area contributed by atoms with Gasteiger partial charge in [-0.1, -0.05) is 55.5 Å². The van der Waals surface area contributed by atoms with Crippen molar-refractivity contribution in [1.82, 2.24) is 4.90 Å². The third-order valence-corrected chi connectivity index (χ3v) is 5.90. The van der Waals surface area contributed by atoms with E-state index in [-0.39, 0.29) is 11.9 Å². The summed E-state index contributed by atoms with van der Waals surface area (Å²) in [5, 5.41) is 0. The monoisotopic (exact) mass is 380 g/mol. The lowest BCUT2D eigenvalue weighted by molar-refractivity contribution is -0.122. The Bertz CT molecular complexity index is 750. The molecule has 0 aromatic heterocycles. The van der Waals surface area contributed by atoms with Gasteiger partial charge in [0.25, 0.3) is 0 Å². The maximum Gasteiger partial charge on any atom is 0.227 e. The highest BCUT2D eigenvalue weighted by Crippen LogP contribution is 2.33. The van der Waals surface area contributed by atoms with E-state index in [4.69, 9.17) is 4.74 Å². The fourth-order valence-electron chi connectivity index (χ4n) is 4.22. The molecule has 1 amide bonds. The van der Waals surface area contributed by atoms with Crippen LogP contribution in [0, 0.1) is 0 Å². The van der Waals surface area contributed by atoms with Gasteiger partial charge in [-0.2, -0.15) is 0 Å². The van der Waals surface area contributed by atoms with Crippen molar-refractivity contribution < 1.29 is 9.53 Å². The highest BCUT2D eigenvalue weighted by molar-refractivity contribution is 5.94. The molecule has 150 valence electrons. The number of para-hydroxylation sites is 1. The molecule has 2 aromatic carbocycles. The smallest absolute Gasteiger partial charge is 0.227 e. The summed E-state index contributed by atoms with van der Waals surface area (Å²) >= 11 is 0. The standard InChI is InChI=1S/C24H32N2O2/c1-4-23(27)26(21-13-9-6-10-14-21)22-16-18-25(19-24(22,2)28-3)17-15-20-11-7-5-8-12-20/h5-14,22H,4,15-19H2,1-3H3/t22-,24-/m1/s1. The minimum Gasteiger partial charge on any atom is -0.375 e. The number of amides is 1. The normalized spacial score (nSPS) is 22.8. The summed E-state index contributed by atoms with van der Waals surface area (Å²) in [5.74, 6) is 0.150. The number of nitrogens with zero attached hydrogens (tertiary/aromatic N) is 2. The molecule has 0 unspecified atom stereocenters. The fourth-order valence-corrected chi connectivity index (χ4v) is 4.22. The van der Waals surface area contributed by atoms with Crippen LogP contribution in [0.5, 0.6) is 0 Å². The Hall–Kier alpha value is -2.17. The van der Waals surface area contributed by atoms with Gasteiger partial charge >= 0.3 is 0 Å². The zero-order valence-corrected chi connectivity index (χ0v) is 17.3. The third kappa shape index (κ3) is 4.62. The van der Waals surface area contributed by atoms with E-state index in [0.29, 0.717) is 6.42 Å². The van der Waals surface area contributed by atoms with Gasteiger partial charge in [0.2, 0.25) is 5.91 Å². The van der Waals surface area contributed by atoms with Crippen LogP contribution in [-0.2, 0) is 16.0 Å². The minimum absolute atomic E-state index is 0.0281. The molecule has 1 saturated heterocycles. The van der Waals surface area contributed by atoms with Crippen molar-refractivity contribution in [3.63, 3.8) is 0 Å². The first-order valence-electron chi connectivity index (χ1n) is 10.3. The second kappa shape index (κ2) is 9.35. The van der Waals surface area contributed by atoms with Gasteiger partial charge in [-0.3, -0.25) is 9.69 Å². The first-order valence-corrected chi connectivity index (χ1v) is 10.3. The number of piperidine rings is 1. The molecule has 1 fully saturated rings. The molecular weight excluding hydrogens is 348 g/mol. The molecule has 4 nitrogen and oxygen atoms in total. The molecule has 1 aliphatic heterocycles. The van der Waals surface area contributed by atoms with E-state index < -0.39 is 5.60 Å². The Balaban J connectivity index is 1.76. The number of anilines is 1. The van der Waals surface area contributed by atoms with Crippen molar-refractivity contribution in [2.24, 2.45) is 0 Å². The van der Waals surface area contributed by atoms with Gasteiger partial charge in [-0.05, 0) is 37.5 Å². The number of carbonyl (C=O) groups excluding carboxylic acids is 1. The highest BCUT2D eigenvalue weighted by atomic mass is 16.5. The molecule has 0 saturated carbocycles. The van der Waals surface area contributed by atoms with Gasteiger partial charge in [-0.25, -0.2) is 0 Å². The average Bonchev–Trinajstić information content (AvgIpc) is 2.75. The molecule has 0 bridgehead atoms. The summed E-state index contributed by atoms with van der Waals surface area (Å²) in [6.07, 6.45) is 2.42. The largest absolute Gasteiger partial charge is 0.375 e. The van der Waals surface area contributed by atoms with Crippen molar-refractivity contribution in [2.45, 2.75) is 44.8 Å². The molecule has 28 heavy (non-hydrogen) atoms. The molecular formula is C24H32N2O2. The molecule has 4 heteroatoms. The number of methoxy groups -OCH3 is 1. The summed E-state index contributed by atoms with van der Waals surface area (Å²) in [6, 6.07) is 20.6. The fraction of sp³-hybridized carbons (Fsp3) is 0.458. The van der Waals surface area contributed by atoms with Crippen LogP contribution in [0.4, 0.5) is 5.69 Å². The lowest BCUT2D eigenvalue weighted by atomic mass is 9.86. The Labute approximate surface area is 169 Å². The van der Waals surface area contributed by atoms with Crippen LogP contribution in [0.2, 0.25) is 0 Å². The minimum atomic E-state index is -0.407. The molecule has 1 heterocycles. The quantitative estimate of drug-likeness (QED) is 0.723. The van der Waals surface area contributed by atoms with Crippen LogP contribution in [-0.4, -0.2) is 49.2 Å². The van der Waals surface area contributed by atoms with E-state index in [1.165, 1.54) is 5.56 Å². The van der Waals surface area contributed by atoms with E-state index in [1.807, 2.05) is 42.2 Å². The lowest BCUT2D eigenvalue weighted by Crippen LogP contribution is -2.63. The van der Waals surface area contributed by atoms with Gasteiger partial charge in [0.05, 0.1) is 11.6 Å². The topological polar surface area (TPSA) is 32.8 Å². The molecule has 0 spiro atoms. The summed E-state index contributed by atoms with van der Waals surface area (Å²) in [5.41, 5.74) is 1.91. The number of rotatable bonds is 7. The summed E-state index contributed by atoms with van der Waals surface area (Å²) in [7, 11) is 1.77. The molecule has 0 N–H and O–H groups in total. The van der Waals surface area contributed by atoms with Crippen LogP contribution in [0.15, 0.2) is 60.7 Å². The van der Waals surface area contributed by atoms with E-state index >= 15 is 0 Å². The Kier molecular flexibility index (Phi) is 6.87. The van der Waals surface area contributed by atoms with Crippen LogP contribution in [0.1, 0.15) is 32.3 Å². The summed E-state index contributed by atoms with van der Waals surface area (Å²) < 4.78 is 6.04.